The average Bonchev–Trinajstić information content (AvgIpc) is 2.44. The van der Waals surface area contributed by atoms with Crippen molar-refractivity contribution in [1.29, 1.82) is 0 Å². The first-order chi connectivity index (χ1) is 10.2. The quantitative estimate of drug-likeness (QED) is 0.838. The number of nitrogens with zero attached hydrogens (tertiary/aromatic N) is 2. The maximum Gasteiger partial charge on any atom is 0.260 e. The van der Waals surface area contributed by atoms with E-state index in [1.165, 1.54) is 5.56 Å². The summed E-state index contributed by atoms with van der Waals surface area (Å²) in [5.41, 5.74) is 4.74. The lowest BCUT2D eigenvalue weighted by Crippen LogP contribution is -2.49. The van der Waals surface area contributed by atoms with Crippen molar-refractivity contribution in [3.8, 4) is 5.75 Å². The number of carbonyl (C=O) groups is 1. The highest BCUT2D eigenvalue weighted by atomic mass is 16.5. The number of amidine groups is 1. The molecule has 0 bridgehead atoms. The highest BCUT2D eigenvalue weighted by molar-refractivity contribution is 6.07. The fourth-order valence-electron chi connectivity index (χ4n) is 3.02. The topological polar surface area (TPSA) is 66.0 Å². The van der Waals surface area contributed by atoms with Crippen molar-refractivity contribution in [2.75, 3.05) is 31.1 Å². The van der Waals surface area contributed by atoms with Gasteiger partial charge in [0, 0.05) is 0 Å². The number of hydrogen-bond donors (Lipinski definition) is 2. The van der Waals surface area contributed by atoms with Crippen LogP contribution in [0.25, 0.3) is 0 Å². The number of nitrogens with one attached hydrogen (secondary N) is 2. The SMILES string of the molecule is C[C@@H](c1ccc2c(c1)N1CC(=O)NN=C1CO2)C1CNC1. The lowest BCUT2D eigenvalue weighted by molar-refractivity contribution is -0.119. The van der Waals surface area contributed by atoms with Crippen molar-refractivity contribution in [2.45, 2.75) is 12.8 Å². The summed E-state index contributed by atoms with van der Waals surface area (Å²) < 4.78 is 5.73. The Kier molecular flexibility index (Phi) is 2.85. The van der Waals surface area contributed by atoms with Gasteiger partial charge in [0.1, 0.15) is 18.9 Å². The number of ether oxygens (including phenoxy) is 1. The number of benzene rings is 1. The summed E-state index contributed by atoms with van der Waals surface area (Å²) in [7, 11) is 0. The molecule has 1 saturated heterocycles. The van der Waals surface area contributed by atoms with Crippen LogP contribution >= 0.6 is 0 Å². The molecule has 0 radical (unpaired) electrons. The van der Waals surface area contributed by atoms with Crippen molar-refractivity contribution in [3.63, 3.8) is 0 Å². The summed E-state index contributed by atoms with van der Waals surface area (Å²) in [5, 5.41) is 7.39. The Morgan fingerprint density at radius 2 is 2.29 bits per heavy atom. The monoisotopic (exact) mass is 286 g/mol. The van der Waals surface area contributed by atoms with Crippen molar-refractivity contribution in [1.82, 2.24) is 10.7 Å². The van der Waals surface area contributed by atoms with E-state index in [-0.39, 0.29) is 5.91 Å². The summed E-state index contributed by atoms with van der Waals surface area (Å²) in [4.78, 5) is 13.6. The molecule has 6 heteroatoms. The van der Waals surface area contributed by atoms with E-state index in [4.69, 9.17) is 4.74 Å². The molecule has 3 aliphatic rings. The predicted molar refractivity (Wildman–Crippen MR) is 79.6 cm³/mol. The standard InChI is InChI=1S/C15H18N4O2/c1-9(11-5-16-6-11)10-2-3-13-12(4-10)19-7-15(20)18-17-14(19)8-21-13/h2-4,9,11,16H,5-8H2,1H3,(H,18,20)/t9-/m0/s1. The molecule has 0 saturated carbocycles. The highest BCUT2D eigenvalue weighted by Gasteiger charge is 2.31. The van der Waals surface area contributed by atoms with Crippen molar-refractivity contribution >= 4 is 17.4 Å². The predicted octanol–water partition coefficient (Wildman–Crippen LogP) is 0.652. The third kappa shape index (κ3) is 2.06. The second kappa shape index (κ2) is 4.73. The molecule has 1 fully saturated rings. The zero-order valence-electron chi connectivity index (χ0n) is 11.9. The Morgan fingerprint density at radius 3 is 3.05 bits per heavy atom. The van der Waals surface area contributed by atoms with E-state index in [0.717, 1.165) is 30.4 Å². The molecule has 3 aliphatic heterocycles. The fraction of sp³-hybridized carbons (Fsp3) is 0.467. The third-order valence-corrected chi connectivity index (χ3v) is 4.60. The molecule has 2 N–H and O–H groups in total. The van der Waals surface area contributed by atoms with Gasteiger partial charge in [0.2, 0.25) is 0 Å². The van der Waals surface area contributed by atoms with Gasteiger partial charge in [-0.3, -0.25) is 4.79 Å². The smallest absolute Gasteiger partial charge is 0.260 e. The number of carbonyl (C=O) groups excluding carboxylic acids is 1. The van der Waals surface area contributed by atoms with Crippen molar-refractivity contribution < 1.29 is 9.53 Å². The lowest BCUT2D eigenvalue weighted by Gasteiger charge is -2.36. The normalized spacial score (nSPS) is 22.2. The van der Waals surface area contributed by atoms with Gasteiger partial charge in [-0.15, -0.1) is 0 Å². The summed E-state index contributed by atoms with van der Waals surface area (Å²) in [6.07, 6.45) is 0. The van der Waals surface area contributed by atoms with E-state index in [1.807, 2.05) is 11.0 Å². The van der Waals surface area contributed by atoms with Gasteiger partial charge in [0.15, 0.2) is 5.84 Å². The molecule has 110 valence electrons. The zero-order chi connectivity index (χ0) is 14.4. The average molecular weight is 286 g/mol. The molecule has 0 spiro atoms. The van der Waals surface area contributed by atoms with Crippen LogP contribution < -0.4 is 20.4 Å². The van der Waals surface area contributed by atoms with Crippen molar-refractivity contribution in [2.24, 2.45) is 11.0 Å². The van der Waals surface area contributed by atoms with Gasteiger partial charge in [0.25, 0.3) is 5.91 Å². The van der Waals surface area contributed by atoms with Crippen LogP contribution in [0.15, 0.2) is 23.3 Å². The maximum atomic E-state index is 11.6. The van der Waals surface area contributed by atoms with Crippen LogP contribution in [0.1, 0.15) is 18.4 Å². The minimum absolute atomic E-state index is 0.0896. The van der Waals surface area contributed by atoms with Crippen LogP contribution in [0.5, 0.6) is 5.75 Å². The summed E-state index contributed by atoms with van der Waals surface area (Å²) in [6.45, 7) is 5.11. The van der Waals surface area contributed by atoms with Gasteiger partial charge in [-0.1, -0.05) is 13.0 Å². The van der Waals surface area contributed by atoms with Gasteiger partial charge in [0.05, 0.1) is 5.69 Å². The second-order valence-electron chi connectivity index (χ2n) is 5.87. The molecule has 6 nitrogen and oxygen atoms in total. The van der Waals surface area contributed by atoms with Gasteiger partial charge in [-0.2, -0.15) is 5.10 Å². The first-order valence-electron chi connectivity index (χ1n) is 7.33. The van der Waals surface area contributed by atoms with Crippen LogP contribution in [0.4, 0.5) is 5.69 Å². The zero-order valence-corrected chi connectivity index (χ0v) is 11.9. The van der Waals surface area contributed by atoms with Gasteiger partial charge in [-0.25, -0.2) is 5.43 Å². The number of fused-ring (bicyclic) bond motifs is 3. The van der Waals surface area contributed by atoms with E-state index in [2.05, 4.69) is 34.9 Å². The Morgan fingerprint density at radius 1 is 1.43 bits per heavy atom. The largest absolute Gasteiger partial charge is 0.483 e. The molecule has 0 unspecified atom stereocenters. The lowest BCUT2D eigenvalue weighted by atomic mass is 9.83. The molecule has 1 aromatic carbocycles. The molecule has 4 rings (SSSR count). The van der Waals surface area contributed by atoms with E-state index in [1.54, 1.807) is 0 Å². The molecule has 3 heterocycles. The third-order valence-electron chi connectivity index (χ3n) is 4.60. The molecule has 1 atom stereocenters. The van der Waals surface area contributed by atoms with Gasteiger partial charge >= 0.3 is 0 Å². The summed E-state index contributed by atoms with van der Waals surface area (Å²) >= 11 is 0. The summed E-state index contributed by atoms with van der Waals surface area (Å²) in [6, 6.07) is 6.29. The number of rotatable bonds is 2. The van der Waals surface area contributed by atoms with Gasteiger partial charge in [-0.05, 0) is 42.6 Å². The van der Waals surface area contributed by atoms with E-state index >= 15 is 0 Å². The molecular weight excluding hydrogens is 268 g/mol. The molecule has 1 aromatic rings. The van der Waals surface area contributed by atoms with Crippen LogP contribution in [-0.4, -0.2) is 38.0 Å². The van der Waals surface area contributed by atoms with Crippen LogP contribution in [0, 0.1) is 5.92 Å². The Labute approximate surface area is 123 Å². The minimum Gasteiger partial charge on any atom is -0.483 e. The Balaban J connectivity index is 1.69. The van der Waals surface area contributed by atoms with Gasteiger partial charge < -0.3 is 15.0 Å². The minimum atomic E-state index is -0.0896. The Hall–Kier alpha value is -2.08. The van der Waals surface area contributed by atoms with E-state index < -0.39 is 0 Å². The Bertz CT molecular complexity index is 624. The number of anilines is 1. The van der Waals surface area contributed by atoms with Crippen LogP contribution in [-0.2, 0) is 4.79 Å². The maximum absolute atomic E-state index is 11.6. The molecule has 1 amide bonds. The number of hydrazone groups is 1. The molecule has 21 heavy (non-hydrogen) atoms. The number of amides is 1. The van der Waals surface area contributed by atoms with Crippen LogP contribution in [0.2, 0.25) is 0 Å². The first kappa shape index (κ1) is 12.6. The molecule has 0 aromatic heterocycles. The second-order valence-corrected chi connectivity index (χ2v) is 5.87. The van der Waals surface area contributed by atoms with E-state index in [9.17, 15) is 4.79 Å². The molecular formula is C15H18N4O2. The molecule has 0 aliphatic carbocycles. The van der Waals surface area contributed by atoms with E-state index in [0.29, 0.717) is 25.0 Å². The first-order valence-corrected chi connectivity index (χ1v) is 7.33. The number of hydrogen-bond acceptors (Lipinski definition) is 5. The fourth-order valence-corrected chi connectivity index (χ4v) is 3.02. The van der Waals surface area contributed by atoms with Crippen molar-refractivity contribution in [3.05, 3.63) is 23.8 Å². The van der Waals surface area contributed by atoms with Crippen LogP contribution in [0.3, 0.4) is 0 Å². The summed E-state index contributed by atoms with van der Waals surface area (Å²) in [5.74, 6) is 2.68. The highest BCUT2D eigenvalue weighted by Crippen LogP contribution is 2.37.